The lowest BCUT2D eigenvalue weighted by Crippen LogP contribution is -2.10. The zero-order chi connectivity index (χ0) is 14.2. The van der Waals surface area contributed by atoms with Gasteiger partial charge in [0.2, 0.25) is 0 Å². The van der Waals surface area contributed by atoms with E-state index in [1.807, 2.05) is 11.5 Å². The van der Waals surface area contributed by atoms with Gasteiger partial charge in [0, 0.05) is 29.4 Å². The molecule has 19 heavy (non-hydrogen) atoms. The molecule has 2 unspecified atom stereocenters. The molecular formula is C12H13Cl3N2OS. The van der Waals surface area contributed by atoms with Crippen molar-refractivity contribution in [2.45, 2.75) is 18.8 Å². The first kappa shape index (κ1) is 15.1. The van der Waals surface area contributed by atoms with Gasteiger partial charge >= 0.3 is 0 Å². The minimum Gasteiger partial charge on any atom is -0.326 e. The number of halogens is 3. The Morgan fingerprint density at radius 2 is 2.00 bits per heavy atom. The van der Waals surface area contributed by atoms with E-state index in [4.69, 9.17) is 34.8 Å². The molecule has 0 aliphatic rings. The highest BCUT2D eigenvalue weighted by molar-refractivity contribution is 7.84. The average Bonchev–Trinajstić information content (AvgIpc) is 2.65. The number of fused-ring (bicyclic) bond motifs is 1. The number of imidazole rings is 1. The predicted molar refractivity (Wildman–Crippen MR) is 83.0 cm³/mol. The summed E-state index contributed by atoms with van der Waals surface area (Å²) in [6, 6.07) is 3.50. The summed E-state index contributed by atoms with van der Waals surface area (Å²) in [5, 5.41) is 0.698. The van der Waals surface area contributed by atoms with Crippen molar-refractivity contribution in [3.05, 3.63) is 28.0 Å². The molecule has 1 heterocycles. The summed E-state index contributed by atoms with van der Waals surface area (Å²) < 4.78 is 13.2. The summed E-state index contributed by atoms with van der Waals surface area (Å²) in [7, 11) is -0.875. The molecule has 1 aromatic heterocycles. The van der Waals surface area contributed by atoms with E-state index in [0.29, 0.717) is 22.3 Å². The molecule has 2 rings (SSSR count). The first-order chi connectivity index (χ1) is 8.90. The Morgan fingerprint density at radius 3 is 2.58 bits per heavy atom. The minimum absolute atomic E-state index is 0.241. The van der Waals surface area contributed by atoms with Crippen LogP contribution in [0.2, 0.25) is 10.0 Å². The van der Waals surface area contributed by atoms with Gasteiger partial charge in [-0.05, 0) is 19.1 Å². The van der Waals surface area contributed by atoms with Crippen molar-refractivity contribution in [2.24, 2.45) is 0 Å². The van der Waals surface area contributed by atoms with Gasteiger partial charge in [-0.1, -0.05) is 23.2 Å². The molecule has 0 saturated carbocycles. The molecule has 0 bridgehead atoms. The molecule has 2 atom stereocenters. The molecule has 3 nitrogen and oxygen atoms in total. The predicted octanol–water partition coefficient (Wildman–Crippen LogP) is 4.02. The highest BCUT2D eigenvalue weighted by atomic mass is 35.5. The normalized spacial score (nSPS) is 14.8. The van der Waals surface area contributed by atoms with E-state index in [-0.39, 0.29) is 5.38 Å². The standard InChI is InChI=1S/C12H13Cl3N2OS/c1-7(13)12-16-10-5-8(14)9(15)6-11(10)17(12)3-4-19(2)18/h5-7H,3-4H2,1-2H3. The Morgan fingerprint density at radius 1 is 1.37 bits per heavy atom. The van der Waals surface area contributed by atoms with E-state index < -0.39 is 10.8 Å². The SMILES string of the molecule is CC(Cl)c1nc2cc(Cl)c(Cl)cc2n1CCS(C)=O. The zero-order valence-corrected chi connectivity index (χ0v) is 13.6. The molecule has 1 aromatic carbocycles. The molecule has 0 aliphatic carbocycles. The maximum absolute atomic E-state index is 11.3. The molecule has 0 amide bonds. The van der Waals surface area contributed by atoms with E-state index in [0.717, 1.165) is 16.9 Å². The maximum atomic E-state index is 11.3. The molecule has 0 N–H and O–H groups in total. The Labute approximate surface area is 129 Å². The lowest BCUT2D eigenvalue weighted by atomic mass is 10.3. The van der Waals surface area contributed by atoms with Crippen molar-refractivity contribution in [2.75, 3.05) is 12.0 Å². The van der Waals surface area contributed by atoms with Crippen LogP contribution in [0.25, 0.3) is 11.0 Å². The van der Waals surface area contributed by atoms with Crippen LogP contribution in [0.1, 0.15) is 18.1 Å². The molecule has 7 heteroatoms. The highest BCUT2D eigenvalue weighted by Gasteiger charge is 2.16. The van der Waals surface area contributed by atoms with E-state index in [1.165, 1.54) is 0 Å². The second kappa shape index (κ2) is 6.00. The fourth-order valence-corrected chi connectivity index (χ4v) is 2.82. The summed E-state index contributed by atoms with van der Waals surface area (Å²) in [6.45, 7) is 2.44. The fourth-order valence-electron chi connectivity index (χ4n) is 1.90. The lowest BCUT2D eigenvalue weighted by molar-refractivity contribution is 0.672. The van der Waals surface area contributed by atoms with Crippen molar-refractivity contribution in [3.8, 4) is 0 Å². The number of aromatic nitrogens is 2. The number of hydrogen-bond acceptors (Lipinski definition) is 2. The van der Waals surface area contributed by atoms with Gasteiger partial charge in [-0.3, -0.25) is 4.21 Å². The molecule has 104 valence electrons. The summed E-state index contributed by atoms with van der Waals surface area (Å²) in [4.78, 5) is 4.48. The monoisotopic (exact) mass is 338 g/mol. The Balaban J connectivity index is 2.58. The van der Waals surface area contributed by atoms with Gasteiger partial charge in [-0.25, -0.2) is 4.98 Å². The van der Waals surface area contributed by atoms with Crippen LogP contribution in [0.15, 0.2) is 12.1 Å². The minimum atomic E-state index is -0.875. The van der Waals surface area contributed by atoms with E-state index in [1.54, 1.807) is 18.4 Å². The molecule has 0 saturated heterocycles. The third-order valence-electron chi connectivity index (χ3n) is 2.78. The van der Waals surface area contributed by atoms with Crippen molar-refractivity contribution >= 4 is 56.6 Å². The van der Waals surface area contributed by atoms with Gasteiger partial charge in [0.05, 0.1) is 26.5 Å². The van der Waals surface area contributed by atoms with Gasteiger partial charge in [-0.15, -0.1) is 11.6 Å². The summed E-state index contributed by atoms with van der Waals surface area (Å²) >= 11 is 18.2. The van der Waals surface area contributed by atoms with E-state index in [9.17, 15) is 4.21 Å². The summed E-state index contributed by atoms with van der Waals surface area (Å²) in [5.74, 6) is 1.28. The largest absolute Gasteiger partial charge is 0.326 e. The average molecular weight is 340 g/mol. The number of rotatable bonds is 4. The van der Waals surface area contributed by atoms with Crippen molar-refractivity contribution in [3.63, 3.8) is 0 Å². The zero-order valence-electron chi connectivity index (χ0n) is 10.5. The quantitative estimate of drug-likeness (QED) is 0.789. The summed E-state index contributed by atoms with van der Waals surface area (Å²) in [5.41, 5.74) is 1.61. The van der Waals surface area contributed by atoms with Gasteiger partial charge in [0.15, 0.2) is 0 Å². The van der Waals surface area contributed by atoms with Gasteiger partial charge in [0.25, 0.3) is 0 Å². The van der Waals surface area contributed by atoms with Gasteiger partial charge in [0.1, 0.15) is 5.82 Å². The third kappa shape index (κ3) is 3.24. The third-order valence-corrected chi connectivity index (χ3v) is 4.45. The number of nitrogens with zero attached hydrogens (tertiary/aromatic N) is 2. The first-order valence-corrected chi connectivity index (χ1v) is 8.61. The van der Waals surface area contributed by atoms with Crippen LogP contribution in [-0.2, 0) is 17.3 Å². The first-order valence-electron chi connectivity index (χ1n) is 5.69. The summed E-state index contributed by atoms with van der Waals surface area (Å²) in [6.07, 6.45) is 1.67. The van der Waals surface area contributed by atoms with E-state index >= 15 is 0 Å². The van der Waals surface area contributed by atoms with Crippen LogP contribution < -0.4 is 0 Å². The lowest BCUT2D eigenvalue weighted by Gasteiger charge is -2.09. The maximum Gasteiger partial charge on any atom is 0.127 e. The molecule has 0 aliphatic heterocycles. The molecule has 0 radical (unpaired) electrons. The number of hydrogen-bond donors (Lipinski definition) is 0. The molecule has 0 fully saturated rings. The van der Waals surface area contributed by atoms with Gasteiger partial charge in [-0.2, -0.15) is 0 Å². The second-order valence-electron chi connectivity index (χ2n) is 4.27. The van der Waals surface area contributed by atoms with Crippen LogP contribution in [0.5, 0.6) is 0 Å². The van der Waals surface area contributed by atoms with Crippen LogP contribution in [0, 0.1) is 0 Å². The number of benzene rings is 1. The van der Waals surface area contributed by atoms with Crippen molar-refractivity contribution in [1.82, 2.24) is 9.55 Å². The fraction of sp³-hybridized carbons (Fsp3) is 0.417. The van der Waals surface area contributed by atoms with E-state index in [2.05, 4.69) is 4.98 Å². The van der Waals surface area contributed by atoms with Crippen LogP contribution in [0.4, 0.5) is 0 Å². The second-order valence-corrected chi connectivity index (χ2v) is 7.29. The Bertz CT molecular complexity index is 639. The van der Waals surface area contributed by atoms with Crippen molar-refractivity contribution < 1.29 is 4.21 Å². The van der Waals surface area contributed by atoms with Crippen molar-refractivity contribution in [1.29, 1.82) is 0 Å². The highest BCUT2D eigenvalue weighted by Crippen LogP contribution is 2.31. The Hall–Kier alpha value is -0.290. The number of alkyl halides is 1. The molecule has 0 spiro atoms. The van der Waals surface area contributed by atoms with Crippen LogP contribution in [0.3, 0.4) is 0 Å². The Kier molecular flexibility index (Phi) is 4.77. The van der Waals surface area contributed by atoms with Crippen LogP contribution >= 0.6 is 34.8 Å². The molecular weight excluding hydrogens is 327 g/mol. The van der Waals surface area contributed by atoms with Gasteiger partial charge < -0.3 is 4.57 Å². The number of aryl methyl sites for hydroxylation is 1. The van der Waals surface area contributed by atoms with Crippen LogP contribution in [-0.4, -0.2) is 25.8 Å². The topological polar surface area (TPSA) is 34.9 Å². The smallest absolute Gasteiger partial charge is 0.127 e. The molecule has 2 aromatic rings.